The van der Waals surface area contributed by atoms with Gasteiger partial charge in [0.2, 0.25) is 11.8 Å². The summed E-state index contributed by atoms with van der Waals surface area (Å²) in [6, 6.07) is 16.1. The Labute approximate surface area is 207 Å². The summed E-state index contributed by atoms with van der Waals surface area (Å²) >= 11 is 0. The average molecular weight is 477 g/mol. The van der Waals surface area contributed by atoms with Gasteiger partial charge in [0.25, 0.3) is 0 Å². The Hall–Kier alpha value is -4.40. The molecule has 0 aliphatic heterocycles. The molecule has 2 aliphatic carbocycles. The minimum Gasteiger partial charge on any atom is -0.474 e. The van der Waals surface area contributed by atoms with Crippen LogP contribution < -0.4 is 10.1 Å². The lowest BCUT2D eigenvalue weighted by molar-refractivity contribution is 0.291. The third-order valence-corrected chi connectivity index (χ3v) is 6.45. The topological polar surface area (TPSA) is 104 Å². The molecule has 9 heteroatoms. The van der Waals surface area contributed by atoms with Crippen molar-refractivity contribution in [2.24, 2.45) is 0 Å². The van der Waals surface area contributed by atoms with E-state index in [1.54, 1.807) is 11.0 Å². The number of nitrogens with one attached hydrogen (secondary N) is 1. The average Bonchev–Trinajstić information content (AvgIpc) is 3.87. The molecule has 0 amide bonds. The molecule has 9 nitrogen and oxygen atoms in total. The molecule has 4 aromatic heterocycles. The van der Waals surface area contributed by atoms with Crippen LogP contribution in [0.5, 0.6) is 5.88 Å². The van der Waals surface area contributed by atoms with Crippen molar-refractivity contribution in [1.29, 1.82) is 0 Å². The van der Waals surface area contributed by atoms with E-state index in [1.807, 2.05) is 42.6 Å². The van der Waals surface area contributed by atoms with Crippen LogP contribution in [-0.4, -0.2) is 40.8 Å². The highest BCUT2D eigenvalue weighted by atomic mass is 16.5. The van der Waals surface area contributed by atoms with Crippen LogP contribution in [0.25, 0.3) is 28.0 Å². The van der Waals surface area contributed by atoms with Crippen LogP contribution >= 0.6 is 0 Å². The lowest BCUT2D eigenvalue weighted by Gasteiger charge is -2.11. The maximum Gasteiger partial charge on any atom is 0.223 e. The van der Waals surface area contributed by atoms with Crippen molar-refractivity contribution >= 4 is 17.0 Å². The molecular weight excluding hydrogens is 452 g/mol. The molecule has 0 saturated heterocycles. The molecule has 2 aliphatic rings. The highest BCUT2D eigenvalue weighted by molar-refractivity contribution is 5.81. The van der Waals surface area contributed by atoms with Crippen LogP contribution in [0, 0.1) is 0 Å². The van der Waals surface area contributed by atoms with E-state index in [2.05, 4.69) is 32.5 Å². The van der Waals surface area contributed by atoms with Gasteiger partial charge in [0.15, 0.2) is 0 Å². The highest BCUT2D eigenvalue weighted by Crippen LogP contribution is 2.42. The van der Waals surface area contributed by atoms with E-state index < -0.39 is 0 Å². The number of rotatable bonds is 8. The molecular formula is C27H24N8O. The number of nitrogens with zero attached hydrogens (tertiary/aromatic N) is 7. The molecule has 36 heavy (non-hydrogen) atoms. The van der Waals surface area contributed by atoms with E-state index in [-0.39, 0.29) is 0 Å². The second-order valence-corrected chi connectivity index (χ2v) is 9.33. The van der Waals surface area contributed by atoms with Crippen LogP contribution in [0.2, 0.25) is 0 Å². The van der Waals surface area contributed by atoms with E-state index in [9.17, 15) is 0 Å². The first kappa shape index (κ1) is 20.9. The quantitative estimate of drug-likeness (QED) is 0.344. The zero-order valence-electron chi connectivity index (χ0n) is 19.6. The molecule has 2 fully saturated rings. The Morgan fingerprint density at radius 3 is 2.53 bits per heavy atom. The smallest absolute Gasteiger partial charge is 0.223 e. The predicted molar refractivity (Wildman–Crippen MR) is 135 cm³/mol. The van der Waals surface area contributed by atoms with Gasteiger partial charge in [0.05, 0.1) is 22.6 Å². The van der Waals surface area contributed by atoms with Gasteiger partial charge in [0, 0.05) is 30.3 Å². The molecule has 5 aromatic rings. The van der Waals surface area contributed by atoms with Crippen molar-refractivity contribution in [2.45, 2.75) is 44.2 Å². The Bertz CT molecular complexity index is 1510. The molecule has 4 heterocycles. The van der Waals surface area contributed by atoms with Crippen LogP contribution in [0.3, 0.4) is 0 Å². The Kier molecular flexibility index (Phi) is 5.04. The number of ether oxygens (including phenoxy) is 1. The molecule has 1 N–H and O–H groups in total. The van der Waals surface area contributed by atoms with Gasteiger partial charge in [-0.05, 0) is 61.6 Å². The Balaban J connectivity index is 1.12. The summed E-state index contributed by atoms with van der Waals surface area (Å²) in [6.45, 7) is 0.625. The maximum absolute atomic E-state index is 5.77. The normalized spacial score (nSPS) is 15.2. The van der Waals surface area contributed by atoms with Crippen molar-refractivity contribution < 1.29 is 4.74 Å². The number of anilines is 1. The summed E-state index contributed by atoms with van der Waals surface area (Å²) in [5.74, 6) is 1.74. The van der Waals surface area contributed by atoms with Gasteiger partial charge in [0.1, 0.15) is 24.3 Å². The SMILES string of the molecule is c1ncn(-c2ccc(CNc3nc(C4CC4)c4nc(-c5ccc(OC6CC6)nc5)ccc4n3)cc2)n1. The minimum absolute atomic E-state index is 0.335. The van der Waals surface area contributed by atoms with Crippen molar-refractivity contribution in [3.8, 4) is 22.8 Å². The third-order valence-electron chi connectivity index (χ3n) is 6.45. The predicted octanol–water partition coefficient (Wildman–Crippen LogP) is 4.70. The second kappa shape index (κ2) is 8.67. The summed E-state index contributed by atoms with van der Waals surface area (Å²) in [5, 5.41) is 7.56. The van der Waals surface area contributed by atoms with Crippen LogP contribution in [0.4, 0.5) is 5.95 Å². The van der Waals surface area contributed by atoms with E-state index in [4.69, 9.17) is 19.7 Å². The largest absolute Gasteiger partial charge is 0.474 e. The van der Waals surface area contributed by atoms with Gasteiger partial charge >= 0.3 is 0 Å². The van der Waals surface area contributed by atoms with Crippen molar-refractivity contribution in [3.63, 3.8) is 0 Å². The third kappa shape index (κ3) is 4.35. The summed E-state index contributed by atoms with van der Waals surface area (Å²) in [7, 11) is 0. The van der Waals surface area contributed by atoms with Gasteiger partial charge in [-0.1, -0.05) is 12.1 Å². The summed E-state index contributed by atoms with van der Waals surface area (Å²) in [4.78, 5) is 23.1. The van der Waals surface area contributed by atoms with Crippen molar-refractivity contribution in [1.82, 2.24) is 34.7 Å². The van der Waals surface area contributed by atoms with Crippen LogP contribution in [0.15, 0.2) is 67.4 Å². The van der Waals surface area contributed by atoms with E-state index in [0.29, 0.717) is 30.4 Å². The molecule has 0 unspecified atom stereocenters. The molecule has 178 valence electrons. The number of aromatic nitrogens is 7. The number of fused-ring (bicyclic) bond motifs is 1. The summed E-state index contributed by atoms with van der Waals surface area (Å²) < 4.78 is 7.51. The number of benzene rings is 1. The van der Waals surface area contributed by atoms with E-state index in [1.165, 1.54) is 6.33 Å². The summed E-state index contributed by atoms with van der Waals surface area (Å²) in [6.07, 6.45) is 9.88. The van der Waals surface area contributed by atoms with Crippen molar-refractivity contribution in [2.75, 3.05) is 5.32 Å². The van der Waals surface area contributed by atoms with E-state index >= 15 is 0 Å². The molecule has 0 radical (unpaired) electrons. The van der Waals surface area contributed by atoms with Crippen LogP contribution in [-0.2, 0) is 6.54 Å². The van der Waals surface area contributed by atoms with Gasteiger partial charge in [-0.2, -0.15) is 5.10 Å². The second-order valence-electron chi connectivity index (χ2n) is 9.33. The fourth-order valence-electron chi connectivity index (χ4n) is 4.17. The van der Waals surface area contributed by atoms with E-state index in [0.717, 1.165) is 64.9 Å². The molecule has 1 aromatic carbocycles. The van der Waals surface area contributed by atoms with Crippen LogP contribution in [0.1, 0.15) is 42.9 Å². The molecule has 0 bridgehead atoms. The van der Waals surface area contributed by atoms with Crippen molar-refractivity contribution in [3.05, 3.63) is 78.6 Å². The highest BCUT2D eigenvalue weighted by Gasteiger charge is 2.29. The molecule has 7 rings (SSSR count). The molecule has 2 saturated carbocycles. The summed E-state index contributed by atoms with van der Waals surface area (Å²) in [5.41, 5.74) is 6.66. The fraction of sp³-hybridized carbons (Fsp3) is 0.259. The van der Waals surface area contributed by atoms with Gasteiger partial charge in [-0.15, -0.1) is 0 Å². The van der Waals surface area contributed by atoms with Gasteiger partial charge in [-0.25, -0.2) is 29.6 Å². The number of pyridine rings is 2. The zero-order chi connectivity index (χ0) is 23.9. The first-order valence-electron chi connectivity index (χ1n) is 12.3. The number of hydrogen-bond donors (Lipinski definition) is 1. The standard InChI is InChI=1S/C27H24N8O/c1-6-20(35-16-28-15-31-35)7-2-17(1)13-30-27-33-23-11-10-22(32-26(23)25(34-27)18-3-4-18)19-5-12-24(29-14-19)36-21-8-9-21/h1-2,5-7,10-12,14-16,18,21H,3-4,8-9,13H2,(H,30,33,34). The zero-order valence-corrected chi connectivity index (χ0v) is 19.6. The lowest BCUT2D eigenvalue weighted by Crippen LogP contribution is -2.07. The lowest BCUT2D eigenvalue weighted by atomic mass is 10.1. The number of hydrogen-bond acceptors (Lipinski definition) is 8. The molecule has 0 atom stereocenters. The van der Waals surface area contributed by atoms with Gasteiger partial charge in [-0.3, -0.25) is 0 Å². The Morgan fingerprint density at radius 2 is 1.81 bits per heavy atom. The fourth-order valence-corrected chi connectivity index (χ4v) is 4.17. The maximum atomic E-state index is 5.77. The minimum atomic E-state index is 0.335. The molecule has 0 spiro atoms. The Morgan fingerprint density at radius 1 is 0.917 bits per heavy atom. The first-order valence-corrected chi connectivity index (χ1v) is 12.3. The first-order chi connectivity index (χ1) is 17.8. The van der Waals surface area contributed by atoms with Gasteiger partial charge < -0.3 is 10.1 Å². The monoisotopic (exact) mass is 476 g/mol.